The van der Waals surface area contributed by atoms with Gasteiger partial charge in [-0.1, -0.05) is 6.92 Å². The van der Waals surface area contributed by atoms with Crippen molar-refractivity contribution >= 4 is 5.97 Å². The Bertz CT molecular complexity index is 159. The van der Waals surface area contributed by atoms with Crippen molar-refractivity contribution in [2.75, 3.05) is 20.2 Å². The first-order valence-electron chi connectivity index (χ1n) is 4.51. The number of carbonyl (C=O) groups excluding carboxylic acids is 1. The summed E-state index contributed by atoms with van der Waals surface area (Å²) < 4.78 is 4.63. The largest absolute Gasteiger partial charge is 0.469 e. The number of hydrogen-bond donors (Lipinski definition) is 1. The van der Waals surface area contributed by atoms with Crippen molar-refractivity contribution in [3.05, 3.63) is 0 Å². The lowest BCUT2D eigenvalue weighted by molar-refractivity contribution is -0.142. The summed E-state index contributed by atoms with van der Waals surface area (Å²) in [5.41, 5.74) is 0. The van der Waals surface area contributed by atoms with Crippen molar-refractivity contribution in [3.8, 4) is 0 Å². The summed E-state index contributed by atoms with van der Waals surface area (Å²) in [6.45, 7) is 4.24. The summed E-state index contributed by atoms with van der Waals surface area (Å²) >= 11 is 0. The number of ether oxygens (including phenoxy) is 1. The molecule has 0 radical (unpaired) electrons. The SMILES string of the molecule is COC(=O)C[C@@H]1CNCC[C@@H]1C. The van der Waals surface area contributed by atoms with Crippen LogP contribution in [-0.4, -0.2) is 26.2 Å². The Kier molecular flexibility index (Phi) is 3.53. The molecule has 1 aliphatic heterocycles. The Hall–Kier alpha value is -0.570. The molecule has 1 saturated heterocycles. The average molecular weight is 171 g/mol. The third kappa shape index (κ3) is 2.48. The molecule has 70 valence electrons. The van der Waals surface area contributed by atoms with Gasteiger partial charge in [-0.15, -0.1) is 0 Å². The number of methoxy groups -OCH3 is 1. The maximum Gasteiger partial charge on any atom is 0.305 e. The van der Waals surface area contributed by atoms with Gasteiger partial charge in [0.1, 0.15) is 0 Å². The number of rotatable bonds is 2. The molecule has 1 heterocycles. The number of esters is 1. The molecule has 0 spiro atoms. The molecule has 1 N–H and O–H groups in total. The number of piperidine rings is 1. The van der Waals surface area contributed by atoms with Gasteiger partial charge in [0.05, 0.1) is 7.11 Å². The minimum Gasteiger partial charge on any atom is -0.469 e. The second-order valence-electron chi connectivity index (χ2n) is 3.51. The van der Waals surface area contributed by atoms with Crippen LogP contribution in [0.1, 0.15) is 19.8 Å². The normalized spacial score (nSPS) is 29.8. The molecule has 0 saturated carbocycles. The fraction of sp³-hybridized carbons (Fsp3) is 0.889. The van der Waals surface area contributed by atoms with E-state index < -0.39 is 0 Å². The topological polar surface area (TPSA) is 38.3 Å². The maximum absolute atomic E-state index is 11.0. The highest BCUT2D eigenvalue weighted by molar-refractivity contribution is 5.69. The Morgan fingerprint density at radius 2 is 2.42 bits per heavy atom. The molecule has 3 heteroatoms. The number of hydrogen-bond acceptors (Lipinski definition) is 3. The quantitative estimate of drug-likeness (QED) is 0.624. The van der Waals surface area contributed by atoms with Crippen LogP contribution in [0.5, 0.6) is 0 Å². The van der Waals surface area contributed by atoms with Crippen molar-refractivity contribution < 1.29 is 9.53 Å². The fourth-order valence-corrected chi connectivity index (χ4v) is 1.62. The van der Waals surface area contributed by atoms with Crippen LogP contribution in [0.3, 0.4) is 0 Å². The summed E-state index contributed by atoms with van der Waals surface area (Å²) in [5.74, 6) is 1.02. The zero-order chi connectivity index (χ0) is 8.97. The van der Waals surface area contributed by atoms with Crippen molar-refractivity contribution in [1.29, 1.82) is 0 Å². The summed E-state index contributed by atoms with van der Waals surface area (Å²) in [6, 6.07) is 0. The van der Waals surface area contributed by atoms with Crippen LogP contribution in [-0.2, 0) is 9.53 Å². The molecule has 0 bridgehead atoms. The molecule has 1 aliphatic rings. The second-order valence-corrected chi connectivity index (χ2v) is 3.51. The lowest BCUT2D eigenvalue weighted by atomic mass is 9.86. The van der Waals surface area contributed by atoms with Gasteiger partial charge in [0.2, 0.25) is 0 Å². The Morgan fingerprint density at radius 3 is 3.00 bits per heavy atom. The zero-order valence-corrected chi connectivity index (χ0v) is 7.80. The van der Waals surface area contributed by atoms with Crippen LogP contribution in [0, 0.1) is 11.8 Å². The van der Waals surface area contributed by atoms with Crippen LogP contribution in [0.15, 0.2) is 0 Å². The van der Waals surface area contributed by atoms with E-state index in [1.807, 2.05) is 0 Å². The molecule has 0 aromatic rings. The van der Waals surface area contributed by atoms with Gasteiger partial charge in [-0.25, -0.2) is 0 Å². The van der Waals surface area contributed by atoms with Gasteiger partial charge in [-0.3, -0.25) is 4.79 Å². The third-order valence-electron chi connectivity index (χ3n) is 2.64. The first kappa shape index (κ1) is 9.52. The standard InChI is InChI=1S/C9H17NO2/c1-7-3-4-10-6-8(7)5-9(11)12-2/h7-8,10H,3-6H2,1-2H3/t7-,8+/m0/s1. The summed E-state index contributed by atoms with van der Waals surface area (Å²) in [4.78, 5) is 11.0. The van der Waals surface area contributed by atoms with E-state index in [1.165, 1.54) is 13.5 Å². The summed E-state index contributed by atoms with van der Waals surface area (Å²) in [6.07, 6.45) is 1.73. The van der Waals surface area contributed by atoms with E-state index in [2.05, 4.69) is 17.0 Å². The third-order valence-corrected chi connectivity index (χ3v) is 2.64. The van der Waals surface area contributed by atoms with Crippen molar-refractivity contribution in [3.63, 3.8) is 0 Å². The second kappa shape index (κ2) is 4.45. The monoisotopic (exact) mass is 171 g/mol. The smallest absolute Gasteiger partial charge is 0.305 e. The maximum atomic E-state index is 11.0. The molecule has 0 aromatic heterocycles. The predicted octanol–water partition coefficient (Wildman–Crippen LogP) is 0.795. The molecule has 2 atom stereocenters. The number of nitrogens with one attached hydrogen (secondary N) is 1. The van der Waals surface area contributed by atoms with Crippen LogP contribution in [0.2, 0.25) is 0 Å². The van der Waals surface area contributed by atoms with Gasteiger partial charge in [0.25, 0.3) is 0 Å². The number of carbonyl (C=O) groups is 1. The van der Waals surface area contributed by atoms with Crippen molar-refractivity contribution in [2.24, 2.45) is 11.8 Å². The molecule has 0 amide bonds. The molecule has 12 heavy (non-hydrogen) atoms. The van der Waals surface area contributed by atoms with Gasteiger partial charge < -0.3 is 10.1 Å². The van der Waals surface area contributed by atoms with E-state index >= 15 is 0 Å². The van der Waals surface area contributed by atoms with Crippen LogP contribution < -0.4 is 5.32 Å². The lowest BCUT2D eigenvalue weighted by Crippen LogP contribution is -2.36. The van der Waals surface area contributed by atoms with E-state index in [1.54, 1.807) is 0 Å². The highest BCUT2D eigenvalue weighted by Gasteiger charge is 2.23. The minimum atomic E-state index is -0.0875. The van der Waals surface area contributed by atoms with E-state index in [4.69, 9.17) is 0 Å². The van der Waals surface area contributed by atoms with E-state index in [0.717, 1.165) is 13.1 Å². The summed E-state index contributed by atoms with van der Waals surface area (Å²) in [5, 5.41) is 3.29. The van der Waals surface area contributed by atoms with E-state index in [9.17, 15) is 4.79 Å². The molecule has 1 rings (SSSR count). The lowest BCUT2D eigenvalue weighted by Gasteiger charge is -2.28. The highest BCUT2D eigenvalue weighted by atomic mass is 16.5. The van der Waals surface area contributed by atoms with E-state index in [0.29, 0.717) is 18.3 Å². The average Bonchev–Trinajstić information content (AvgIpc) is 2.09. The van der Waals surface area contributed by atoms with Crippen molar-refractivity contribution in [1.82, 2.24) is 5.32 Å². The molecular formula is C9H17NO2. The molecule has 1 fully saturated rings. The summed E-state index contributed by atoms with van der Waals surface area (Å²) in [7, 11) is 1.45. The van der Waals surface area contributed by atoms with Gasteiger partial charge in [0.15, 0.2) is 0 Å². The molecule has 0 unspecified atom stereocenters. The molecule has 0 aromatic carbocycles. The Morgan fingerprint density at radius 1 is 1.67 bits per heavy atom. The highest BCUT2D eigenvalue weighted by Crippen LogP contribution is 2.21. The predicted molar refractivity (Wildman–Crippen MR) is 46.8 cm³/mol. The van der Waals surface area contributed by atoms with Gasteiger partial charge >= 0.3 is 5.97 Å². The first-order valence-corrected chi connectivity index (χ1v) is 4.51. The first-order chi connectivity index (χ1) is 5.74. The van der Waals surface area contributed by atoms with E-state index in [-0.39, 0.29) is 5.97 Å². The Labute approximate surface area is 73.5 Å². The van der Waals surface area contributed by atoms with Crippen molar-refractivity contribution in [2.45, 2.75) is 19.8 Å². The Balaban J connectivity index is 2.33. The fourth-order valence-electron chi connectivity index (χ4n) is 1.62. The van der Waals surface area contributed by atoms with Gasteiger partial charge in [-0.05, 0) is 31.3 Å². The van der Waals surface area contributed by atoms with Crippen LogP contribution >= 0.6 is 0 Å². The van der Waals surface area contributed by atoms with Gasteiger partial charge in [-0.2, -0.15) is 0 Å². The molecular weight excluding hydrogens is 154 g/mol. The minimum absolute atomic E-state index is 0.0875. The van der Waals surface area contributed by atoms with Crippen LogP contribution in [0.4, 0.5) is 0 Å². The molecule has 3 nitrogen and oxygen atoms in total. The van der Waals surface area contributed by atoms with Crippen LogP contribution in [0.25, 0.3) is 0 Å². The molecule has 0 aliphatic carbocycles. The van der Waals surface area contributed by atoms with Gasteiger partial charge in [0, 0.05) is 6.42 Å². The zero-order valence-electron chi connectivity index (χ0n) is 7.80.